The van der Waals surface area contributed by atoms with Crippen molar-refractivity contribution in [1.29, 1.82) is 0 Å². The molecule has 0 N–H and O–H groups in total. The summed E-state index contributed by atoms with van der Waals surface area (Å²) in [5, 5.41) is 10.9. The van der Waals surface area contributed by atoms with Crippen LogP contribution in [0.15, 0.2) is 36.9 Å². The zero-order valence-corrected chi connectivity index (χ0v) is 21.2. The summed E-state index contributed by atoms with van der Waals surface area (Å²) in [6, 6.07) is 3.29. The molecule has 1 aromatic carbocycles. The largest absolute Gasteiger partial charge is 0.457 e. The summed E-state index contributed by atoms with van der Waals surface area (Å²) < 4.78 is 16.1. The summed E-state index contributed by atoms with van der Waals surface area (Å²) in [5.74, 6) is -1.51. The second-order valence-electron chi connectivity index (χ2n) is 9.83. The molecule has 3 amide bonds. The molecule has 0 spiro atoms. The highest BCUT2D eigenvalue weighted by Gasteiger charge is 2.52. The average molecular weight is 518 g/mol. The highest BCUT2D eigenvalue weighted by Crippen LogP contribution is 2.38. The molecule has 12 heteroatoms. The Labute approximate surface area is 214 Å². The van der Waals surface area contributed by atoms with E-state index in [2.05, 4.69) is 6.58 Å². The number of nitrogens with zero attached hydrogens (tertiary/aromatic N) is 3. The fourth-order valence-electron chi connectivity index (χ4n) is 4.07. The number of esters is 1. The molecule has 3 rings (SSSR count). The van der Waals surface area contributed by atoms with E-state index in [4.69, 9.17) is 14.2 Å². The van der Waals surface area contributed by atoms with Crippen LogP contribution in [0.25, 0.3) is 0 Å². The maximum absolute atomic E-state index is 13.6. The topological polar surface area (TPSA) is 146 Å². The number of amides is 3. The van der Waals surface area contributed by atoms with E-state index in [1.807, 2.05) is 0 Å². The van der Waals surface area contributed by atoms with Crippen LogP contribution >= 0.6 is 0 Å². The Bertz CT molecular complexity index is 1080. The number of benzene rings is 1. The molecule has 0 unspecified atom stereocenters. The van der Waals surface area contributed by atoms with Gasteiger partial charge >= 0.3 is 18.2 Å². The lowest BCUT2D eigenvalue weighted by molar-refractivity contribution is -0.384. The van der Waals surface area contributed by atoms with Crippen LogP contribution in [-0.2, 0) is 19.0 Å². The summed E-state index contributed by atoms with van der Waals surface area (Å²) in [5.41, 5.74) is -0.969. The van der Waals surface area contributed by atoms with Crippen LogP contribution in [0.1, 0.15) is 50.9 Å². The molecule has 0 bridgehead atoms. The molecule has 1 aromatic rings. The van der Waals surface area contributed by atoms with E-state index in [-0.39, 0.29) is 36.7 Å². The van der Waals surface area contributed by atoms with Crippen molar-refractivity contribution in [3.63, 3.8) is 0 Å². The molecule has 1 heterocycles. The summed E-state index contributed by atoms with van der Waals surface area (Å²) in [7, 11) is 0. The SMILES string of the molecule is C=C[C@@H]1C[C@H]1N(C(=O)OCC)C(=O)[C@@H]1C[C@@H](OC(=O)c2ccc([N+](=O)[O-])cc2)CN1C(=O)OC(C)(C)C. The molecule has 1 saturated carbocycles. The summed E-state index contributed by atoms with van der Waals surface area (Å²) in [6.07, 6.45) is -0.386. The van der Waals surface area contributed by atoms with Gasteiger partial charge in [-0.2, -0.15) is 0 Å². The van der Waals surface area contributed by atoms with Gasteiger partial charge in [-0.3, -0.25) is 19.8 Å². The van der Waals surface area contributed by atoms with Crippen LogP contribution < -0.4 is 0 Å². The number of nitro groups is 1. The first-order chi connectivity index (χ1) is 17.4. The number of carbonyl (C=O) groups is 4. The minimum absolute atomic E-state index is 0.0595. The number of imide groups is 1. The molecule has 2 fully saturated rings. The van der Waals surface area contributed by atoms with Gasteiger partial charge in [0.05, 0.1) is 29.7 Å². The van der Waals surface area contributed by atoms with E-state index in [1.165, 1.54) is 24.3 Å². The Balaban J connectivity index is 1.82. The van der Waals surface area contributed by atoms with Crippen LogP contribution in [0, 0.1) is 16.0 Å². The highest BCUT2D eigenvalue weighted by atomic mass is 16.6. The van der Waals surface area contributed by atoms with Gasteiger partial charge in [0.25, 0.3) is 11.6 Å². The number of likely N-dealkylation sites (tertiary alicyclic amines) is 1. The Morgan fingerprint density at radius 2 is 1.84 bits per heavy atom. The molecule has 1 aliphatic carbocycles. The van der Waals surface area contributed by atoms with E-state index < -0.39 is 52.8 Å². The smallest absolute Gasteiger partial charge is 0.416 e. The lowest BCUT2D eigenvalue weighted by Crippen LogP contribution is -2.52. The van der Waals surface area contributed by atoms with Gasteiger partial charge in [0, 0.05) is 18.6 Å². The second-order valence-corrected chi connectivity index (χ2v) is 9.83. The third-order valence-electron chi connectivity index (χ3n) is 5.90. The highest BCUT2D eigenvalue weighted by molar-refractivity contribution is 5.97. The van der Waals surface area contributed by atoms with Gasteiger partial charge < -0.3 is 14.2 Å². The minimum Gasteiger partial charge on any atom is -0.457 e. The maximum Gasteiger partial charge on any atom is 0.416 e. The van der Waals surface area contributed by atoms with Crippen molar-refractivity contribution in [2.24, 2.45) is 5.92 Å². The van der Waals surface area contributed by atoms with Gasteiger partial charge in [0.1, 0.15) is 17.7 Å². The third-order valence-corrected chi connectivity index (χ3v) is 5.90. The van der Waals surface area contributed by atoms with Crippen LogP contribution in [0.3, 0.4) is 0 Å². The van der Waals surface area contributed by atoms with E-state index >= 15 is 0 Å². The van der Waals surface area contributed by atoms with E-state index in [1.54, 1.807) is 33.8 Å². The molecular formula is C25H31N3O9. The zero-order valence-electron chi connectivity index (χ0n) is 21.2. The number of non-ortho nitro benzene ring substituents is 1. The molecular weight excluding hydrogens is 486 g/mol. The molecule has 4 atom stereocenters. The lowest BCUT2D eigenvalue weighted by atomic mass is 10.1. The number of carbonyl (C=O) groups excluding carboxylic acids is 4. The standard InChI is InChI=1S/C25H31N3O9/c1-6-15-12-19(15)27(24(32)35-7-2)21(29)20-13-18(14-26(20)23(31)37-25(3,4)5)36-22(30)16-8-10-17(11-9-16)28(33)34/h6,8-11,15,18-20H,1,7,12-14H2,2-5H3/t15-,18-,19-,20+/m1/s1. The fraction of sp³-hybridized carbons (Fsp3) is 0.520. The van der Waals surface area contributed by atoms with E-state index in [0.29, 0.717) is 6.42 Å². The van der Waals surface area contributed by atoms with Crippen LogP contribution in [-0.4, -0.2) is 75.7 Å². The molecule has 37 heavy (non-hydrogen) atoms. The van der Waals surface area contributed by atoms with Crippen molar-refractivity contribution in [2.45, 2.75) is 64.3 Å². The maximum atomic E-state index is 13.6. The Kier molecular flexibility index (Phi) is 8.19. The molecule has 1 saturated heterocycles. The monoisotopic (exact) mass is 517 g/mol. The van der Waals surface area contributed by atoms with Gasteiger partial charge in [-0.05, 0) is 52.2 Å². The van der Waals surface area contributed by atoms with E-state index in [0.717, 1.165) is 9.80 Å². The number of hydrogen-bond acceptors (Lipinski definition) is 9. The Morgan fingerprint density at radius 1 is 1.19 bits per heavy atom. The first-order valence-electron chi connectivity index (χ1n) is 11.9. The van der Waals surface area contributed by atoms with Gasteiger partial charge in [0.2, 0.25) is 0 Å². The Hall–Kier alpha value is -3.96. The van der Waals surface area contributed by atoms with Crippen molar-refractivity contribution in [1.82, 2.24) is 9.80 Å². The van der Waals surface area contributed by atoms with E-state index in [9.17, 15) is 29.3 Å². The van der Waals surface area contributed by atoms with Gasteiger partial charge in [-0.1, -0.05) is 6.08 Å². The summed E-state index contributed by atoms with van der Waals surface area (Å²) >= 11 is 0. The molecule has 1 aliphatic heterocycles. The van der Waals surface area contributed by atoms with Gasteiger partial charge in [-0.25, -0.2) is 19.3 Å². The fourth-order valence-corrected chi connectivity index (χ4v) is 4.07. The van der Waals surface area contributed by atoms with Crippen LogP contribution in [0.2, 0.25) is 0 Å². The van der Waals surface area contributed by atoms with Crippen molar-refractivity contribution >= 4 is 29.8 Å². The molecule has 0 radical (unpaired) electrons. The molecule has 12 nitrogen and oxygen atoms in total. The predicted molar refractivity (Wildman–Crippen MR) is 130 cm³/mol. The third kappa shape index (κ3) is 6.63. The number of ether oxygens (including phenoxy) is 3. The zero-order chi connectivity index (χ0) is 27.5. The number of hydrogen-bond donors (Lipinski definition) is 0. The first kappa shape index (κ1) is 27.6. The normalized spacial score (nSPS) is 22.5. The van der Waals surface area contributed by atoms with Crippen LogP contribution in [0.4, 0.5) is 15.3 Å². The van der Waals surface area contributed by atoms with Crippen molar-refractivity contribution in [3.8, 4) is 0 Å². The molecule has 200 valence electrons. The molecule has 2 aliphatic rings. The minimum atomic E-state index is -1.14. The number of rotatable bonds is 7. The second kappa shape index (κ2) is 11.0. The average Bonchev–Trinajstić information content (AvgIpc) is 3.46. The molecule has 0 aromatic heterocycles. The van der Waals surface area contributed by atoms with Crippen LogP contribution in [0.5, 0.6) is 0 Å². The Morgan fingerprint density at radius 3 is 2.35 bits per heavy atom. The van der Waals surface area contributed by atoms with Crippen molar-refractivity contribution < 1.29 is 38.3 Å². The summed E-state index contributed by atoms with van der Waals surface area (Å²) in [4.78, 5) is 64.4. The quantitative estimate of drug-likeness (QED) is 0.174. The number of nitro benzene ring substituents is 1. The first-order valence-corrected chi connectivity index (χ1v) is 11.9. The van der Waals surface area contributed by atoms with Crippen molar-refractivity contribution in [3.05, 3.63) is 52.6 Å². The van der Waals surface area contributed by atoms with Gasteiger partial charge in [-0.15, -0.1) is 6.58 Å². The predicted octanol–water partition coefficient (Wildman–Crippen LogP) is 3.69. The lowest BCUT2D eigenvalue weighted by Gasteiger charge is -2.30. The summed E-state index contributed by atoms with van der Waals surface area (Å²) in [6.45, 7) is 10.3. The van der Waals surface area contributed by atoms with Crippen molar-refractivity contribution in [2.75, 3.05) is 13.2 Å². The van der Waals surface area contributed by atoms with Gasteiger partial charge in [0.15, 0.2) is 0 Å².